The lowest BCUT2D eigenvalue weighted by Crippen LogP contribution is -2.14. The predicted molar refractivity (Wildman–Crippen MR) is 78.3 cm³/mol. The topological polar surface area (TPSA) is 29.9 Å². The van der Waals surface area contributed by atoms with Gasteiger partial charge in [0.15, 0.2) is 0 Å². The van der Waals surface area contributed by atoms with E-state index < -0.39 is 11.7 Å². The quantitative estimate of drug-likeness (QED) is 0.810. The summed E-state index contributed by atoms with van der Waals surface area (Å²) in [7, 11) is 0. The molecule has 2 rings (SSSR count). The summed E-state index contributed by atoms with van der Waals surface area (Å²) in [5.41, 5.74) is 0.874. The Bertz CT molecular complexity index is 608. The van der Waals surface area contributed by atoms with Gasteiger partial charge in [0.2, 0.25) is 0 Å². The molecule has 0 aliphatic rings. The second-order valence-corrected chi connectivity index (χ2v) is 5.48. The molecular formula is C14H15BrF3N3. The summed E-state index contributed by atoms with van der Waals surface area (Å²) < 4.78 is 39.7. The van der Waals surface area contributed by atoms with Gasteiger partial charge in [0.05, 0.1) is 17.4 Å². The highest BCUT2D eigenvalue weighted by Crippen LogP contribution is 2.29. The van der Waals surface area contributed by atoms with E-state index in [2.05, 4.69) is 33.3 Å². The number of hydrogen-bond acceptors (Lipinski definition) is 2. The molecular weight excluding hydrogens is 347 g/mol. The molecule has 0 amide bonds. The predicted octanol–water partition coefficient (Wildman–Crippen LogP) is 4.15. The van der Waals surface area contributed by atoms with E-state index in [4.69, 9.17) is 0 Å². The van der Waals surface area contributed by atoms with Crippen LogP contribution in [0.5, 0.6) is 0 Å². The molecule has 0 spiro atoms. The summed E-state index contributed by atoms with van der Waals surface area (Å²) >= 11 is 3.44. The van der Waals surface area contributed by atoms with Gasteiger partial charge in [0.25, 0.3) is 0 Å². The molecule has 1 heterocycles. The lowest BCUT2D eigenvalue weighted by Gasteiger charge is -2.08. The van der Waals surface area contributed by atoms with Crippen molar-refractivity contribution in [1.29, 1.82) is 0 Å². The van der Waals surface area contributed by atoms with Crippen molar-refractivity contribution in [2.75, 3.05) is 6.54 Å². The van der Waals surface area contributed by atoms with E-state index in [9.17, 15) is 13.2 Å². The fraction of sp³-hybridized carbons (Fsp3) is 0.357. The van der Waals surface area contributed by atoms with Gasteiger partial charge in [-0.2, -0.15) is 18.3 Å². The fourth-order valence-electron chi connectivity index (χ4n) is 1.83. The van der Waals surface area contributed by atoms with Crippen molar-refractivity contribution in [2.45, 2.75) is 26.1 Å². The summed E-state index contributed by atoms with van der Waals surface area (Å²) in [5, 5.41) is 7.03. The van der Waals surface area contributed by atoms with Crippen molar-refractivity contribution in [1.82, 2.24) is 15.1 Å². The maximum atomic E-state index is 12.6. The Morgan fingerprint density at radius 2 is 2.10 bits per heavy atom. The SMILES string of the molecule is CCCNCc1ccc(-n2cc(C(F)(F)F)cn2)cc1Br. The van der Waals surface area contributed by atoms with Gasteiger partial charge in [-0.25, -0.2) is 4.68 Å². The van der Waals surface area contributed by atoms with Crippen molar-refractivity contribution in [2.24, 2.45) is 0 Å². The van der Waals surface area contributed by atoms with E-state index in [1.165, 1.54) is 4.68 Å². The van der Waals surface area contributed by atoms with E-state index >= 15 is 0 Å². The molecule has 0 aliphatic carbocycles. The van der Waals surface area contributed by atoms with Crippen LogP contribution in [0.3, 0.4) is 0 Å². The molecule has 2 aromatic rings. The van der Waals surface area contributed by atoms with E-state index in [1.807, 2.05) is 6.07 Å². The second kappa shape index (κ2) is 6.62. The summed E-state index contributed by atoms with van der Waals surface area (Å²) in [6.45, 7) is 3.71. The van der Waals surface area contributed by atoms with Crippen molar-refractivity contribution in [3.63, 3.8) is 0 Å². The minimum atomic E-state index is -4.38. The Labute approximate surface area is 129 Å². The van der Waals surface area contributed by atoms with Gasteiger partial charge >= 0.3 is 6.18 Å². The van der Waals surface area contributed by atoms with Crippen LogP contribution in [0.2, 0.25) is 0 Å². The Morgan fingerprint density at radius 1 is 1.33 bits per heavy atom. The molecule has 3 nitrogen and oxygen atoms in total. The smallest absolute Gasteiger partial charge is 0.313 e. The molecule has 7 heteroatoms. The number of halogens is 4. The van der Waals surface area contributed by atoms with Crippen molar-refractivity contribution >= 4 is 15.9 Å². The van der Waals surface area contributed by atoms with Crippen molar-refractivity contribution < 1.29 is 13.2 Å². The first-order valence-electron chi connectivity index (χ1n) is 6.53. The van der Waals surface area contributed by atoms with Crippen LogP contribution in [-0.2, 0) is 12.7 Å². The average Bonchev–Trinajstić information content (AvgIpc) is 2.90. The maximum Gasteiger partial charge on any atom is 0.419 e. The van der Waals surface area contributed by atoms with Crippen LogP contribution >= 0.6 is 15.9 Å². The highest BCUT2D eigenvalue weighted by Gasteiger charge is 2.32. The second-order valence-electron chi connectivity index (χ2n) is 4.62. The van der Waals surface area contributed by atoms with Gasteiger partial charge in [0.1, 0.15) is 0 Å². The molecule has 0 saturated heterocycles. The number of nitrogens with one attached hydrogen (secondary N) is 1. The molecule has 1 N–H and O–H groups in total. The number of rotatable bonds is 5. The standard InChI is InChI=1S/C14H15BrF3N3/c1-2-5-19-7-10-3-4-12(6-13(10)15)21-9-11(8-20-21)14(16,17)18/h3-4,6,8-9,19H,2,5,7H2,1H3. The normalized spacial score (nSPS) is 11.9. The lowest BCUT2D eigenvalue weighted by molar-refractivity contribution is -0.137. The van der Waals surface area contributed by atoms with Gasteiger partial charge in [-0.15, -0.1) is 0 Å². The van der Waals surface area contributed by atoms with Gasteiger partial charge in [-0.1, -0.05) is 28.9 Å². The average molecular weight is 362 g/mol. The molecule has 0 fully saturated rings. The number of benzene rings is 1. The van der Waals surface area contributed by atoms with E-state index in [0.29, 0.717) is 12.2 Å². The monoisotopic (exact) mass is 361 g/mol. The third kappa shape index (κ3) is 4.07. The lowest BCUT2D eigenvalue weighted by atomic mass is 10.2. The number of alkyl halides is 3. The maximum absolute atomic E-state index is 12.6. The third-order valence-electron chi connectivity index (χ3n) is 2.95. The van der Waals surface area contributed by atoms with E-state index in [-0.39, 0.29) is 0 Å². The minimum Gasteiger partial charge on any atom is -0.313 e. The van der Waals surface area contributed by atoms with Crippen molar-refractivity contribution in [3.05, 3.63) is 46.2 Å². The number of aromatic nitrogens is 2. The Kier molecular flexibility index (Phi) is 5.05. The zero-order valence-corrected chi connectivity index (χ0v) is 13.0. The van der Waals surface area contributed by atoms with Crippen LogP contribution in [0, 0.1) is 0 Å². The molecule has 21 heavy (non-hydrogen) atoms. The van der Waals surface area contributed by atoms with E-state index in [1.54, 1.807) is 12.1 Å². The van der Waals surface area contributed by atoms with Gasteiger partial charge in [-0.3, -0.25) is 0 Å². The summed E-state index contributed by atoms with van der Waals surface area (Å²) in [6, 6.07) is 5.38. The van der Waals surface area contributed by atoms with Crippen LogP contribution in [-0.4, -0.2) is 16.3 Å². The molecule has 1 aromatic carbocycles. The molecule has 0 saturated carbocycles. The minimum absolute atomic E-state index is 0.580. The first-order valence-corrected chi connectivity index (χ1v) is 7.32. The fourth-order valence-corrected chi connectivity index (χ4v) is 2.34. The highest BCUT2D eigenvalue weighted by atomic mass is 79.9. The van der Waals surface area contributed by atoms with Gasteiger partial charge < -0.3 is 5.32 Å². The van der Waals surface area contributed by atoms with Crippen molar-refractivity contribution in [3.8, 4) is 5.69 Å². The van der Waals surface area contributed by atoms with Crippen LogP contribution in [0.4, 0.5) is 13.2 Å². The molecule has 1 aromatic heterocycles. The van der Waals surface area contributed by atoms with Gasteiger partial charge in [0, 0.05) is 17.2 Å². The van der Waals surface area contributed by atoms with Crippen LogP contribution in [0.25, 0.3) is 5.69 Å². The van der Waals surface area contributed by atoms with Crippen LogP contribution in [0.1, 0.15) is 24.5 Å². The van der Waals surface area contributed by atoms with E-state index in [0.717, 1.165) is 35.4 Å². The number of nitrogens with zero attached hydrogens (tertiary/aromatic N) is 2. The molecule has 0 unspecified atom stereocenters. The number of hydrogen-bond donors (Lipinski definition) is 1. The van der Waals surface area contributed by atoms with Crippen LogP contribution < -0.4 is 5.32 Å². The first kappa shape index (κ1) is 16.0. The zero-order valence-electron chi connectivity index (χ0n) is 11.4. The van der Waals surface area contributed by atoms with Crippen LogP contribution in [0.15, 0.2) is 35.1 Å². The largest absolute Gasteiger partial charge is 0.419 e. The molecule has 0 bridgehead atoms. The summed E-state index contributed by atoms with van der Waals surface area (Å²) in [6.07, 6.45) is -1.52. The Balaban J connectivity index is 2.18. The highest BCUT2D eigenvalue weighted by molar-refractivity contribution is 9.10. The summed E-state index contributed by atoms with van der Waals surface area (Å²) in [5.74, 6) is 0. The van der Waals surface area contributed by atoms with Gasteiger partial charge in [-0.05, 0) is 30.7 Å². The third-order valence-corrected chi connectivity index (χ3v) is 3.69. The summed E-state index contributed by atoms with van der Waals surface area (Å²) in [4.78, 5) is 0. The molecule has 0 atom stereocenters. The Morgan fingerprint density at radius 3 is 2.67 bits per heavy atom. The zero-order chi connectivity index (χ0) is 15.5. The first-order chi connectivity index (χ1) is 9.91. The molecule has 0 aliphatic heterocycles. The molecule has 0 radical (unpaired) electrons. The Hall–Kier alpha value is -1.34. The molecule has 114 valence electrons.